The largest absolute Gasteiger partial charge is 0.340 e. The molecular formula is C15H26N4O. The zero-order valence-corrected chi connectivity index (χ0v) is 13.1. The van der Waals surface area contributed by atoms with Gasteiger partial charge in [0.15, 0.2) is 0 Å². The van der Waals surface area contributed by atoms with Gasteiger partial charge in [-0.2, -0.15) is 5.10 Å². The van der Waals surface area contributed by atoms with Gasteiger partial charge in [0.2, 0.25) is 5.91 Å². The van der Waals surface area contributed by atoms with Crippen molar-refractivity contribution in [1.82, 2.24) is 20.0 Å². The van der Waals surface area contributed by atoms with Crippen molar-refractivity contribution in [3.05, 3.63) is 17.0 Å². The minimum atomic E-state index is 0.289. The lowest BCUT2D eigenvalue weighted by molar-refractivity contribution is -0.131. The van der Waals surface area contributed by atoms with Crippen LogP contribution >= 0.6 is 0 Å². The molecule has 1 saturated heterocycles. The number of aryl methyl sites for hydroxylation is 2. The first-order valence-corrected chi connectivity index (χ1v) is 7.49. The van der Waals surface area contributed by atoms with E-state index in [1.54, 1.807) is 0 Å². The fraction of sp³-hybridized carbons (Fsp3) is 0.733. The van der Waals surface area contributed by atoms with Crippen LogP contribution in [0.1, 0.15) is 42.6 Å². The fourth-order valence-corrected chi connectivity index (χ4v) is 3.06. The summed E-state index contributed by atoms with van der Waals surface area (Å²) in [4.78, 5) is 14.2. The van der Waals surface area contributed by atoms with Gasteiger partial charge in [-0.3, -0.25) is 9.48 Å². The van der Waals surface area contributed by atoms with Crippen LogP contribution in [0, 0.1) is 13.8 Å². The molecule has 1 fully saturated rings. The summed E-state index contributed by atoms with van der Waals surface area (Å²) in [6.45, 7) is 9.88. The van der Waals surface area contributed by atoms with E-state index < -0.39 is 0 Å². The number of carbonyl (C=O) groups is 1. The third-order valence-electron chi connectivity index (χ3n) is 4.32. The van der Waals surface area contributed by atoms with Crippen molar-refractivity contribution in [2.75, 3.05) is 26.2 Å². The van der Waals surface area contributed by atoms with Crippen LogP contribution < -0.4 is 5.32 Å². The van der Waals surface area contributed by atoms with E-state index in [4.69, 9.17) is 0 Å². The molecule has 1 amide bonds. The number of rotatable bonds is 4. The van der Waals surface area contributed by atoms with Crippen LogP contribution in [0.4, 0.5) is 0 Å². The molecule has 5 heteroatoms. The number of hydrogen-bond acceptors (Lipinski definition) is 3. The molecule has 1 unspecified atom stereocenters. The predicted molar refractivity (Wildman–Crippen MR) is 79.8 cm³/mol. The van der Waals surface area contributed by atoms with Crippen LogP contribution in [-0.4, -0.2) is 46.8 Å². The van der Waals surface area contributed by atoms with Crippen molar-refractivity contribution >= 4 is 5.91 Å². The number of piperazine rings is 1. The molecular weight excluding hydrogens is 252 g/mol. The second kappa shape index (κ2) is 6.39. The second-order valence-corrected chi connectivity index (χ2v) is 5.78. The highest BCUT2D eigenvalue weighted by molar-refractivity contribution is 5.76. The van der Waals surface area contributed by atoms with E-state index >= 15 is 0 Å². The second-order valence-electron chi connectivity index (χ2n) is 5.78. The average Bonchev–Trinajstić information content (AvgIpc) is 2.70. The zero-order chi connectivity index (χ0) is 14.7. The monoisotopic (exact) mass is 278 g/mol. The van der Waals surface area contributed by atoms with Gasteiger partial charge in [0, 0.05) is 45.3 Å². The molecule has 5 nitrogen and oxygen atoms in total. The highest BCUT2D eigenvalue weighted by atomic mass is 16.2. The third-order valence-corrected chi connectivity index (χ3v) is 4.32. The standard InChI is InChI=1S/C15H26N4O/c1-11(15-12(2)17-18(4)13(15)3)5-6-14(20)19-9-7-16-8-10-19/h11,16H,5-10H2,1-4H3. The van der Waals surface area contributed by atoms with Gasteiger partial charge in [-0.1, -0.05) is 6.92 Å². The van der Waals surface area contributed by atoms with E-state index in [-0.39, 0.29) is 5.91 Å². The van der Waals surface area contributed by atoms with E-state index in [9.17, 15) is 4.79 Å². The number of hydrogen-bond donors (Lipinski definition) is 1. The number of nitrogens with one attached hydrogen (secondary N) is 1. The van der Waals surface area contributed by atoms with E-state index in [1.165, 1.54) is 11.3 Å². The van der Waals surface area contributed by atoms with Gasteiger partial charge in [0.25, 0.3) is 0 Å². The SMILES string of the molecule is Cc1nn(C)c(C)c1C(C)CCC(=O)N1CCNCC1. The van der Waals surface area contributed by atoms with Gasteiger partial charge in [0.1, 0.15) is 0 Å². The quantitative estimate of drug-likeness (QED) is 0.904. The summed E-state index contributed by atoms with van der Waals surface area (Å²) < 4.78 is 1.93. The Morgan fingerprint density at radius 1 is 1.35 bits per heavy atom. The van der Waals surface area contributed by atoms with Crippen LogP contribution in [0.5, 0.6) is 0 Å². The van der Waals surface area contributed by atoms with Gasteiger partial charge in [-0.25, -0.2) is 0 Å². The van der Waals surface area contributed by atoms with Gasteiger partial charge in [-0.05, 0) is 31.7 Å². The maximum atomic E-state index is 12.2. The molecule has 1 atom stereocenters. The average molecular weight is 278 g/mol. The van der Waals surface area contributed by atoms with Crippen molar-refractivity contribution in [2.24, 2.45) is 7.05 Å². The number of nitrogens with zero attached hydrogens (tertiary/aromatic N) is 3. The molecule has 2 heterocycles. The molecule has 0 saturated carbocycles. The lowest BCUT2D eigenvalue weighted by atomic mass is 9.94. The molecule has 0 aliphatic carbocycles. The molecule has 1 aliphatic heterocycles. The van der Waals surface area contributed by atoms with Crippen LogP contribution in [0.3, 0.4) is 0 Å². The molecule has 0 aromatic carbocycles. The minimum absolute atomic E-state index is 0.289. The Kier molecular flexibility index (Phi) is 4.81. The molecule has 112 valence electrons. The molecule has 1 aliphatic rings. The molecule has 0 radical (unpaired) electrons. The summed E-state index contributed by atoms with van der Waals surface area (Å²) in [6, 6.07) is 0. The van der Waals surface area contributed by atoms with Crippen LogP contribution in [0.2, 0.25) is 0 Å². The third kappa shape index (κ3) is 3.20. The predicted octanol–water partition coefficient (Wildman–Crippen LogP) is 1.35. The van der Waals surface area contributed by atoms with Crippen molar-refractivity contribution in [2.45, 2.75) is 39.5 Å². The lowest BCUT2D eigenvalue weighted by Gasteiger charge is -2.27. The summed E-state index contributed by atoms with van der Waals surface area (Å²) in [7, 11) is 1.98. The van der Waals surface area contributed by atoms with Crippen molar-refractivity contribution < 1.29 is 4.79 Å². The maximum Gasteiger partial charge on any atom is 0.222 e. The highest BCUT2D eigenvalue weighted by Crippen LogP contribution is 2.26. The highest BCUT2D eigenvalue weighted by Gasteiger charge is 2.20. The molecule has 2 rings (SSSR count). The van der Waals surface area contributed by atoms with Crippen molar-refractivity contribution in [3.63, 3.8) is 0 Å². The molecule has 1 aromatic rings. The van der Waals surface area contributed by atoms with Crippen LogP contribution in [0.25, 0.3) is 0 Å². The Hall–Kier alpha value is -1.36. The van der Waals surface area contributed by atoms with Crippen molar-refractivity contribution in [1.29, 1.82) is 0 Å². The Morgan fingerprint density at radius 2 is 2.00 bits per heavy atom. The topological polar surface area (TPSA) is 50.2 Å². The normalized spacial score (nSPS) is 17.3. The molecule has 0 bridgehead atoms. The van der Waals surface area contributed by atoms with Crippen LogP contribution in [0.15, 0.2) is 0 Å². The Balaban J connectivity index is 1.91. The van der Waals surface area contributed by atoms with Gasteiger partial charge in [0.05, 0.1) is 5.69 Å². The van der Waals surface area contributed by atoms with E-state index in [2.05, 4.69) is 31.2 Å². The molecule has 1 aromatic heterocycles. The van der Waals surface area contributed by atoms with Gasteiger partial charge >= 0.3 is 0 Å². The summed E-state index contributed by atoms with van der Waals surface area (Å²) in [6.07, 6.45) is 1.53. The van der Waals surface area contributed by atoms with Crippen LogP contribution in [-0.2, 0) is 11.8 Å². The fourth-order valence-electron chi connectivity index (χ4n) is 3.06. The number of carbonyl (C=O) groups excluding carboxylic acids is 1. The van der Waals surface area contributed by atoms with E-state index in [1.807, 2.05) is 16.6 Å². The lowest BCUT2D eigenvalue weighted by Crippen LogP contribution is -2.46. The Morgan fingerprint density at radius 3 is 2.55 bits per heavy atom. The summed E-state index contributed by atoms with van der Waals surface area (Å²) >= 11 is 0. The first-order valence-electron chi connectivity index (χ1n) is 7.49. The van der Waals surface area contributed by atoms with Crippen molar-refractivity contribution in [3.8, 4) is 0 Å². The Labute approximate surface area is 121 Å². The first kappa shape index (κ1) is 15.0. The minimum Gasteiger partial charge on any atom is -0.340 e. The van der Waals surface area contributed by atoms with E-state index in [0.29, 0.717) is 12.3 Å². The molecule has 1 N–H and O–H groups in total. The summed E-state index contributed by atoms with van der Waals surface area (Å²) in [5.41, 5.74) is 3.61. The summed E-state index contributed by atoms with van der Waals surface area (Å²) in [5.74, 6) is 0.674. The smallest absolute Gasteiger partial charge is 0.222 e. The molecule has 20 heavy (non-hydrogen) atoms. The Bertz CT molecular complexity index is 474. The number of amides is 1. The van der Waals surface area contributed by atoms with E-state index in [0.717, 1.165) is 38.3 Å². The first-order chi connectivity index (χ1) is 9.50. The summed E-state index contributed by atoms with van der Waals surface area (Å²) in [5, 5.41) is 7.73. The maximum absolute atomic E-state index is 12.2. The molecule has 0 spiro atoms. The van der Waals surface area contributed by atoms with Gasteiger partial charge < -0.3 is 10.2 Å². The van der Waals surface area contributed by atoms with Gasteiger partial charge in [-0.15, -0.1) is 0 Å². The zero-order valence-electron chi connectivity index (χ0n) is 13.1. The number of aromatic nitrogens is 2.